The lowest BCUT2D eigenvalue weighted by Crippen LogP contribution is -2.35. The summed E-state index contributed by atoms with van der Waals surface area (Å²) >= 11 is 0. The smallest absolute Gasteiger partial charge is 0.270 e. The molecule has 106 valence electrons. The Morgan fingerprint density at radius 3 is 2.57 bits per heavy atom. The summed E-state index contributed by atoms with van der Waals surface area (Å²) in [5, 5.41) is 6.26. The van der Waals surface area contributed by atoms with Crippen LogP contribution in [0.2, 0.25) is 0 Å². The molecule has 0 unspecified atom stereocenters. The highest BCUT2D eigenvalue weighted by Crippen LogP contribution is 1.93. The Balaban J connectivity index is 1.75. The van der Waals surface area contributed by atoms with Crippen LogP contribution in [0.4, 0.5) is 0 Å². The van der Waals surface area contributed by atoms with Gasteiger partial charge in [-0.05, 0) is 17.7 Å². The molecular formula is C15H14N4O2. The molecule has 21 heavy (non-hydrogen) atoms. The molecule has 0 saturated heterocycles. The van der Waals surface area contributed by atoms with Crippen LogP contribution in [0.15, 0.2) is 59.8 Å². The summed E-state index contributed by atoms with van der Waals surface area (Å²) in [6.07, 6.45) is 3.04. The van der Waals surface area contributed by atoms with Gasteiger partial charge in [-0.2, -0.15) is 5.10 Å². The number of hydrogen-bond donors (Lipinski definition) is 2. The minimum absolute atomic E-state index is 0.165. The summed E-state index contributed by atoms with van der Waals surface area (Å²) in [4.78, 5) is 27.0. The van der Waals surface area contributed by atoms with Crippen molar-refractivity contribution in [1.29, 1.82) is 0 Å². The topological polar surface area (TPSA) is 83.5 Å². The van der Waals surface area contributed by atoms with Crippen LogP contribution in [0.1, 0.15) is 16.1 Å². The van der Waals surface area contributed by atoms with Gasteiger partial charge in [0.15, 0.2) is 0 Å². The van der Waals surface area contributed by atoms with Gasteiger partial charge >= 0.3 is 0 Å². The number of nitrogens with one attached hydrogen (secondary N) is 2. The third-order valence-corrected chi connectivity index (χ3v) is 2.51. The van der Waals surface area contributed by atoms with Crippen molar-refractivity contribution in [3.63, 3.8) is 0 Å². The first kappa shape index (κ1) is 14.4. The summed E-state index contributed by atoms with van der Waals surface area (Å²) in [5.74, 6) is -0.816. The molecule has 0 radical (unpaired) electrons. The average Bonchev–Trinajstić information content (AvgIpc) is 2.54. The maximum Gasteiger partial charge on any atom is 0.270 e. The fourth-order valence-corrected chi connectivity index (χ4v) is 1.51. The molecular weight excluding hydrogens is 268 g/mol. The number of carbonyl (C=O) groups is 2. The van der Waals surface area contributed by atoms with E-state index in [0.29, 0.717) is 0 Å². The van der Waals surface area contributed by atoms with Crippen molar-refractivity contribution in [2.45, 2.75) is 0 Å². The number of carbonyl (C=O) groups excluding carboxylic acids is 2. The normalized spacial score (nSPS) is 10.3. The van der Waals surface area contributed by atoms with Gasteiger partial charge in [0.05, 0.1) is 12.8 Å². The van der Waals surface area contributed by atoms with E-state index in [0.717, 1.165) is 5.56 Å². The summed E-state index contributed by atoms with van der Waals surface area (Å²) in [6, 6.07) is 14.3. The first-order valence-corrected chi connectivity index (χ1v) is 6.32. The molecule has 1 heterocycles. The van der Waals surface area contributed by atoms with Crippen LogP contribution in [0.3, 0.4) is 0 Å². The zero-order chi connectivity index (χ0) is 14.9. The zero-order valence-electron chi connectivity index (χ0n) is 11.2. The fraction of sp³-hybridized carbons (Fsp3) is 0.0667. The van der Waals surface area contributed by atoms with Crippen LogP contribution >= 0.6 is 0 Å². The van der Waals surface area contributed by atoms with Crippen molar-refractivity contribution < 1.29 is 9.59 Å². The molecule has 2 amide bonds. The predicted octanol–water partition coefficient (Wildman–Crippen LogP) is 0.962. The minimum atomic E-state index is -0.411. The Bertz CT molecular complexity index is 627. The molecule has 0 spiro atoms. The Morgan fingerprint density at radius 2 is 1.86 bits per heavy atom. The number of amides is 2. The summed E-state index contributed by atoms with van der Waals surface area (Å²) in [7, 11) is 0. The highest BCUT2D eigenvalue weighted by molar-refractivity contribution is 5.94. The van der Waals surface area contributed by atoms with Crippen LogP contribution in [-0.2, 0) is 4.79 Å². The average molecular weight is 282 g/mol. The Hall–Kier alpha value is -3.02. The van der Waals surface area contributed by atoms with Crippen LogP contribution in [0.5, 0.6) is 0 Å². The van der Waals surface area contributed by atoms with E-state index in [1.54, 1.807) is 18.2 Å². The molecule has 0 aliphatic rings. The second-order valence-electron chi connectivity index (χ2n) is 4.10. The summed E-state index contributed by atoms with van der Waals surface area (Å²) in [5.41, 5.74) is 3.47. The maximum absolute atomic E-state index is 11.7. The Labute approximate surface area is 121 Å². The quantitative estimate of drug-likeness (QED) is 0.633. The lowest BCUT2D eigenvalue weighted by molar-refractivity contribution is -0.120. The Morgan fingerprint density at radius 1 is 1.10 bits per heavy atom. The molecule has 0 bridgehead atoms. The molecule has 1 aromatic carbocycles. The van der Waals surface area contributed by atoms with Gasteiger partial charge < -0.3 is 5.32 Å². The number of rotatable bonds is 5. The zero-order valence-corrected chi connectivity index (χ0v) is 11.2. The molecule has 0 fully saturated rings. The minimum Gasteiger partial charge on any atom is -0.342 e. The van der Waals surface area contributed by atoms with Crippen molar-refractivity contribution in [1.82, 2.24) is 15.7 Å². The van der Waals surface area contributed by atoms with Crippen molar-refractivity contribution in [3.05, 3.63) is 66.0 Å². The van der Waals surface area contributed by atoms with Gasteiger partial charge in [0.2, 0.25) is 0 Å². The molecule has 1 aromatic heterocycles. The van der Waals surface area contributed by atoms with E-state index in [4.69, 9.17) is 0 Å². The van der Waals surface area contributed by atoms with E-state index in [2.05, 4.69) is 20.8 Å². The monoisotopic (exact) mass is 282 g/mol. The van der Waals surface area contributed by atoms with E-state index in [9.17, 15) is 9.59 Å². The number of hydrazone groups is 1. The third kappa shape index (κ3) is 4.87. The van der Waals surface area contributed by atoms with Gasteiger partial charge in [-0.3, -0.25) is 14.6 Å². The van der Waals surface area contributed by atoms with E-state index >= 15 is 0 Å². The van der Waals surface area contributed by atoms with E-state index in [-0.39, 0.29) is 12.2 Å². The Kier molecular flexibility index (Phi) is 5.17. The fourth-order valence-electron chi connectivity index (χ4n) is 1.51. The van der Waals surface area contributed by atoms with Gasteiger partial charge in [-0.25, -0.2) is 5.43 Å². The van der Waals surface area contributed by atoms with Crippen LogP contribution in [0, 0.1) is 0 Å². The molecule has 0 aliphatic heterocycles. The van der Waals surface area contributed by atoms with Crippen molar-refractivity contribution >= 4 is 18.0 Å². The molecule has 0 aliphatic carbocycles. The van der Waals surface area contributed by atoms with Crippen molar-refractivity contribution in [2.75, 3.05) is 6.54 Å². The third-order valence-electron chi connectivity index (χ3n) is 2.51. The van der Waals surface area contributed by atoms with E-state index in [1.165, 1.54) is 12.4 Å². The first-order chi connectivity index (χ1) is 10.3. The second kappa shape index (κ2) is 7.54. The standard InChI is InChI=1S/C15H14N4O2/c20-14(19-18-10-12-6-2-1-3-7-12)11-17-15(21)13-8-4-5-9-16-13/h1-10H,11H2,(H,17,21)(H,19,20). The first-order valence-electron chi connectivity index (χ1n) is 6.32. The molecule has 0 atom stereocenters. The van der Waals surface area contributed by atoms with E-state index < -0.39 is 11.8 Å². The SMILES string of the molecule is O=C(CNC(=O)c1ccccn1)NN=Cc1ccccc1. The number of hydrogen-bond acceptors (Lipinski definition) is 4. The van der Waals surface area contributed by atoms with Crippen molar-refractivity contribution in [2.24, 2.45) is 5.10 Å². The van der Waals surface area contributed by atoms with Gasteiger partial charge in [-0.15, -0.1) is 0 Å². The molecule has 6 heteroatoms. The van der Waals surface area contributed by atoms with Gasteiger partial charge in [0.25, 0.3) is 11.8 Å². The lowest BCUT2D eigenvalue weighted by Gasteiger charge is -2.03. The summed E-state index contributed by atoms with van der Waals surface area (Å²) in [6.45, 7) is -0.165. The molecule has 6 nitrogen and oxygen atoms in total. The molecule has 2 N–H and O–H groups in total. The van der Waals surface area contributed by atoms with E-state index in [1.807, 2.05) is 30.3 Å². The maximum atomic E-state index is 11.7. The number of nitrogens with zero attached hydrogens (tertiary/aromatic N) is 2. The summed E-state index contributed by atoms with van der Waals surface area (Å²) < 4.78 is 0. The van der Waals surface area contributed by atoms with Crippen molar-refractivity contribution in [3.8, 4) is 0 Å². The number of pyridine rings is 1. The highest BCUT2D eigenvalue weighted by Gasteiger charge is 2.07. The molecule has 0 saturated carbocycles. The van der Waals surface area contributed by atoms with Crippen LogP contribution < -0.4 is 10.7 Å². The largest absolute Gasteiger partial charge is 0.342 e. The van der Waals surface area contributed by atoms with Gasteiger partial charge in [-0.1, -0.05) is 36.4 Å². The van der Waals surface area contributed by atoms with Gasteiger partial charge in [0, 0.05) is 6.20 Å². The predicted molar refractivity (Wildman–Crippen MR) is 78.7 cm³/mol. The highest BCUT2D eigenvalue weighted by atomic mass is 16.2. The molecule has 2 aromatic rings. The van der Waals surface area contributed by atoms with Crippen LogP contribution in [0.25, 0.3) is 0 Å². The van der Waals surface area contributed by atoms with Gasteiger partial charge in [0.1, 0.15) is 5.69 Å². The molecule has 2 rings (SSSR count). The second-order valence-corrected chi connectivity index (χ2v) is 4.10. The number of aromatic nitrogens is 1. The van der Waals surface area contributed by atoms with Crippen LogP contribution in [-0.4, -0.2) is 29.6 Å². The number of benzene rings is 1. The lowest BCUT2D eigenvalue weighted by atomic mass is 10.2.